The molecule has 13 heteroatoms. The topological polar surface area (TPSA) is 186 Å². The standard InChI is InChI=1S/C20H28O13/c1-4-5-16(24)33-13(3)20(28)31-11-17(25)30-9-8-29-10-18(26)32-12(2)19(27)14(21)6-7-15(22)23/h12-13H,4-11H2,1-3H3,(H,22,23). The van der Waals surface area contributed by atoms with Crippen molar-refractivity contribution in [3.8, 4) is 0 Å². The third kappa shape index (κ3) is 14.4. The van der Waals surface area contributed by atoms with Crippen molar-refractivity contribution in [3.05, 3.63) is 0 Å². The number of esters is 4. The second-order valence-electron chi connectivity index (χ2n) is 6.58. The molecular weight excluding hydrogens is 448 g/mol. The Morgan fingerprint density at radius 3 is 1.97 bits per heavy atom. The molecule has 0 aliphatic heterocycles. The van der Waals surface area contributed by atoms with E-state index in [2.05, 4.69) is 4.74 Å². The van der Waals surface area contributed by atoms with Crippen molar-refractivity contribution in [1.29, 1.82) is 0 Å². The van der Waals surface area contributed by atoms with Crippen LogP contribution in [-0.2, 0) is 57.2 Å². The lowest BCUT2D eigenvalue weighted by atomic mass is 10.1. The highest BCUT2D eigenvalue weighted by Gasteiger charge is 2.25. The molecule has 0 aliphatic rings. The van der Waals surface area contributed by atoms with Gasteiger partial charge in [-0.2, -0.15) is 0 Å². The first kappa shape index (κ1) is 29.7. The van der Waals surface area contributed by atoms with E-state index in [0.29, 0.717) is 6.42 Å². The zero-order chi connectivity index (χ0) is 25.4. The number of Topliss-reactive ketones (excluding diaryl/α,β-unsaturated/α-hetero) is 2. The lowest BCUT2D eigenvalue weighted by Gasteiger charge is -2.12. The molecule has 0 rings (SSSR count). The zero-order valence-electron chi connectivity index (χ0n) is 18.7. The summed E-state index contributed by atoms with van der Waals surface area (Å²) in [5.41, 5.74) is 0. The molecule has 0 fully saturated rings. The highest BCUT2D eigenvalue weighted by Crippen LogP contribution is 2.02. The van der Waals surface area contributed by atoms with Crippen molar-refractivity contribution < 1.29 is 62.4 Å². The van der Waals surface area contributed by atoms with E-state index < -0.39 is 79.7 Å². The van der Waals surface area contributed by atoms with Crippen LogP contribution in [0.2, 0.25) is 0 Å². The first-order valence-corrected chi connectivity index (χ1v) is 10.1. The SMILES string of the molecule is CCCC(=O)OC(C)C(=O)OCC(=O)OCCOCC(=O)OC(C)C(=O)C(=O)CCC(=O)O. The molecule has 0 saturated heterocycles. The van der Waals surface area contributed by atoms with Crippen LogP contribution in [-0.4, -0.2) is 85.2 Å². The predicted octanol–water partition coefficient (Wildman–Crippen LogP) is -0.244. The zero-order valence-corrected chi connectivity index (χ0v) is 18.7. The number of carbonyl (C=O) groups excluding carboxylic acids is 6. The molecular formula is C20H28O13. The normalized spacial score (nSPS) is 12.1. The maximum Gasteiger partial charge on any atom is 0.347 e. The van der Waals surface area contributed by atoms with Gasteiger partial charge in [-0.15, -0.1) is 0 Å². The molecule has 0 aromatic heterocycles. The minimum absolute atomic E-state index is 0.146. The summed E-state index contributed by atoms with van der Waals surface area (Å²) in [6.07, 6.45) is -2.90. The number of carboxylic acids is 1. The van der Waals surface area contributed by atoms with Gasteiger partial charge in [0.1, 0.15) is 13.2 Å². The summed E-state index contributed by atoms with van der Waals surface area (Å²) in [4.78, 5) is 79.6. The van der Waals surface area contributed by atoms with Crippen molar-refractivity contribution in [2.45, 2.75) is 58.7 Å². The number of carbonyl (C=O) groups is 7. The second kappa shape index (κ2) is 16.3. The van der Waals surface area contributed by atoms with Crippen molar-refractivity contribution >= 4 is 41.4 Å². The number of ether oxygens (including phenoxy) is 5. The Bertz CT molecular complexity index is 727. The number of hydrogen-bond acceptors (Lipinski definition) is 12. The highest BCUT2D eigenvalue weighted by atomic mass is 16.6. The van der Waals surface area contributed by atoms with Crippen molar-refractivity contribution in [3.63, 3.8) is 0 Å². The van der Waals surface area contributed by atoms with Crippen LogP contribution >= 0.6 is 0 Å². The third-order valence-corrected chi connectivity index (χ3v) is 3.66. The van der Waals surface area contributed by atoms with E-state index in [1.807, 2.05) is 0 Å². The van der Waals surface area contributed by atoms with Crippen LogP contribution in [0.15, 0.2) is 0 Å². The fraction of sp³-hybridized carbons (Fsp3) is 0.650. The van der Waals surface area contributed by atoms with Crippen LogP contribution in [0.3, 0.4) is 0 Å². The van der Waals surface area contributed by atoms with Crippen LogP contribution in [0.1, 0.15) is 46.5 Å². The van der Waals surface area contributed by atoms with Gasteiger partial charge in [-0.25, -0.2) is 14.4 Å². The first-order chi connectivity index (χ1) is 15.5. The number of ketones is 2. The molecule has 0 aliphatic carbocycles. The number of aliphatic carboxylic acids is 1. The lowest BCUT2D eigenvalue weighted by molar-refractivity contribution is -0.171. The van der Waals surface area contributed by atoms with Gasteiger partial charge in [0, 0.05) is 12.8 Å². The van der Waals surface area contributed by atoms with E-state index >= 15 is 0 Å². The molecule has 0 heterocycles. The smallest absolute Gasteiger partial charge is 0.347 e. The average Bonchev–Trinajstić information content (AvgIpc) is 2.74. The Morgan fingerprint density at radius 2 is 1.36 bits per heavy atom. The van der Waals surface area contributed by atoms with E-state index in [9.17, 15) is 33.6 Å². The van der Waals surface area contributed by atoms with Crippen molar-refractivity contribution in [2.24, 2.45) is 0 Å². The largest absolute Gasteiger partial charge is 0.481 e. The first-order valence-electron chi connectivity index (χ1n) is 10.1. The average molecular weight is 476 g/mol. The van der Waals surface area contributed by atoms with Gasteiger partial charge >= 0.3 is 29.8 Å². The van der Waals surface area contributed by atoms with Gasteiger partial charge in [-0.1, -0.05) is 6.92 Å². The van der Waals surface area contributed by atoms with Crippen molar-refractivity contribution in [2.75, 3.05) is 26.4 Å². The second-order valence-corrected chi connectivity index (χ2v) is 6.58. The molecule has 0 saturated carbocycles. The molecule has 1 N–H and O–H groups in total. The molecule has 0 aromatic carbocycles. The minimum atomic E-state index is -1.40. The molecule has 13 nitrogen and oxygen atoms in total. The Kier molecular flexibility index (Phi) is 14.7. The van der Waals surface area contributed by atoms with E-state index in [4.69, 9.17) is 24.1 Å². The van der Waals surface area contributed by atoms with Gasteiger partial charge in [-0.3, -0.25) is 19.2 Å². The maximum absolute atomic E-state index is 11.7. The van der Waals surface area contributed by atoms with Crippen LogP contribution < -0.4 is 0 Å². The quantitative estimate of drug-likeness (QED) is 0.125. The summed E-state index contributed by atoms with van der Waals surface area (Å²) >= 11 is 0. The molecule has 0 amide bonds. The fourth-order valence-corrected chi connectivity index (χ4v) is 2.02. The van der Waals surface area contributed by atoms with Gasteiger partial charge < -0.3 is 28.8 Å². The molecule has 2 atom stereocenters. The van der Waals surface area contributed by atoms with Gasteiger partial charge in [0.05, 0.1) is 13.0 Å². The van der Waals surface area contributed by atoms with Crippen LogP contribution in [0.25, 0.3) is 0 Å². The van der Waals surface area contributed by atoms with Crippen LogP contribution in [0, 0.1) is 0 Å². The summed E-state index contributed by atoms with van der Waals surface area (Å²) in [6.45, 7) is 2.40. The van der Waals surface area contributed by atoms with Gasteiger partial charge in [-0.05, 0) is 20.3 Å². The van der Waals surface area contributed by atoms with Gasteiger partial charge in [0.2, 0.25) is 11.6 Å². The van der Waals surface area contributed by atoms with E-state index in [1.54, 1.807) is 6.92 Å². The minimum Gasteiger partial charge on any atom is -0.481 e. The molecule has 0 radical (unpaired) electrons. The van der Waals surface area contributed by atoms with Gasteiger partial charge in [0.15, 0.2) is 18.8 Å². The number of carboxylic acid groups (broad SMARTS) is 1. The molecule has 33 heavy (non-hydrogen) atoms. The molecule has 186 valence electrons. The van der Waals surface area contributed by atoms with Crippen LogP contribution in [0.4, 0.5) is 0 Å². The molecule has 0 aromatic rings. The molecule has 0 bridgehead atoms. The van der Waals surface area contributed by atoms with Crippen molar-refractivity contribution in [1.82, 2.24) is 0 Å². The predicted molar refractivity (Wildman–Crippen MR) is 106 cm³/mol. The summed E-state index contributed by atoms with van der Waals surface area (Å²) < 4.78 is 23.8. The monoisotopic (exact) mass is 476 g/mol. The summed E-state index contributed by atoms with van der Waals surface area (Å²) in [6, 6.07) is 0. The third-order valence-electron chi connectivity index (χ3n) is 3.66. The van der Waals surface area contributed by atoms with Crippen LogP contribution in [0.5, 0.6) is 0 Å². The lowest BCUT2D eigenvalue weighted by Crippen LogP contribution is -2.32. The molecule has 0 spiro atoms. The maximum atomic E-state index is 11.7. The molecule has 2 unspecified atom stereocenters. The fourth-order valence-electron chi connectivity index (χ4n) is 2.02. The summed E-state index contributed by atoms with van der Waals surface area (Å²) in [5.74, 6) is -6.60. The number of hydrogen-bond donors (Lipinski definition) is 1. The van der Waals surface area contributed by atoms with E-state index in [0.717, 1.165) is 6.92 Å². The summed E-state index contributed by atoms with van der Waals surface area (Å²) in [5, 5.41) is 8.49. The highest BCUT2D eigenvalue weighted by molar-refractivity contribution is 6.39. The van der Waals surface area contributed by atoms with E-state index in [1.165, 1.54) is 6.92 Å². The Hall–Kier alpha value is -3.35. The van der Waals surface area contributed by atoms with Gasteiger partial charge in [0.25, 0.3) is 0 Å². The van der Waals surface area contributed by atoms with E-state index in [-0.39, 0.29) is 19.6 Å². The Balaban J connectivity index is 4.00. The number of rotatable bonds is 17. The Morgan fingerprint density at radius 1 is 0.727 bits per heavy atom. The summed E-state index contributed by atoms with van der Waals surface area (Å²) in [7, 11) is 0. The Labute approximate surface area is 189 Å².